The molecule has 0 aromatic rings. The molecule has 0 aliphatic carbocycles. The van der Waals surface area contributed by atoms with Crippen LogP contribution in [0.4, 0.5) is 0 Å². The molecule has 0 fully saturated rings. The third kappa shape index (κ3) is 20.8. The van der Waals surface area contributed by atoms with E-state index < -0.39 is 12.1 Å². The summed E-state index contributed by atoms with van der Waals surface area (Å²) in [5.41, 5.74) is 0. The molecule has 0 heterocycles. The first-order valence-corrected chi connectivity index (χ1v) is 13.6. The van der Waals surface area contributed by atoms with E-state index in [0.717, 1.165) is 32.1 Å². The van der Waals surface area contributed by atoms with Crippen LogP contribution in [0.5, 0.6) is 0 Å². The topological polar surface area (TPSA) is 69.6 Å². The van der Waals surface area contributed by atoms with Gasteiger partial charge in [-0.1, -0.05) is 102 Å². The van der Waals surface area contributed by atoms with Crippen molar-refractivity contribution in [1.29, 1.82) is 0 Å². The molecular weight excluding hydrogens is 398 g/mol. The summed E-state index contributed by atoms with van der Waals surface area (Å²) >= 11 is 0. The summed E-state index contributed by atoms with van der Waals surface area (Å²) in [5.74, 6) is -0.0832. The first-order chi connectivity index (χ1) is 15.7. The van der Waals surface area contributed by atoms with E-state index in [4.69, 9.17) is 0 Å². The van der Waals surface area contributed by atoms with Crippen LogP contribution >= 0.6 is 0 Å². The van der Waals surface area contributed by atoms with Crippen molar-refractivity contribution in [2.45, 2.75) is 142 Å². The van der Waals surface area contributed by atoms with Crippen LogP contribution in [0.1, 0.15) is 129 Å². The van der Waals surface area contributed by atoms with E-state index >= 15 is 0 Å². The second-order valence-electron chi connectivity index (χ2n) is 9.11. The van der Waals surface area contributed by atoms with Gasteiger partial charge < -0.3 is 15.5 Å². The zero-order valence-electron chi connectivity index (χ0n) is 21.2. The fraction of sp³-hybridized carbons (Fsp3) is 0.821. The number of rotatable bonds is 23. The molecule has 0 saturated carbocycles. The number of aliphatic hydroxyl groups is 2. The highest BCUT2D eigenvalue weighted by molar-refractivity contribution is 5.76. The average molecular weight is 452 g/mol. The Balaban J connectivity index is 3.64. The Kier molecular flexibility index (Phi) is 23.6. The molecule has 0 radical (unpaired) electrons. The minimum absolute atomic E-state index is 0.0832. The third-order valence-electron chi connectivity index (χ3n) is 5.93. The first kappa shape index (κ1) is 30.9. The highest BCUT2D eigenvalue weighted by atomic mass is 16.3. The number of aliphatic hydroxyl groups excluding tert-OH is 2. The van der Waals surface area contributed by atoms with Gasteiger partial charge in [0.1, 0.15) is 0 Å². The number of hydrogen-bond acceptors (Lipinski definition) is 3. The molecule has 0 aromatic heterocycles. The van der Waals surface area contributed by atoms with Crippen LogP contribution < -0.4 is 5.32 Å². The van der Waals surface area contributed by atoms with Gasteiger partial charge >= 0.3 is 0 Å². The molecule has 2 atom stereocenters. The second kappa shape index (κ2) is 24.5. The Morgan fingerprint density at radius 1 is 0.719 bits per heavy atom. The average Bonchev–Trinajstić information content (AvgIpc) is 2.79. The molecule has 4 nitrogen and oxygen atoms in total. The van der Waals surface area contributed by atoms with Gasteiger partial charge in [0, 0.05) is 6.42 Å². The lowest BCUT2D eigenvalue weighted by Gasteiger charge is -2.19. The molecule has 0 aliphatic heterocycles. The van der Waals surface area contributed by atoms with Gasteiger partial charge in [0.25, 0.3) is 0 Å². The molecule has 3 N–H and O–H groups in total. The Morgan fingerprint density at radius 2 is 1.19 bits per heavy atom. The summed E-state index contributed by atoms with van der Waals surface area (Å²) in [6, 6.07) is -0.618. The van der Waals surface area contributed by atoms with E-state index in [0.29, 0.717) is 6.42 Å². The lowest BCUT2D eigenvalue weighted by molar-refractivity contribution is -0.123. The number of carbonyl (C=O) groups is 1. The molecule has 2 unspecified atom stereocenters. The molecule has 188 valence electrons. The highest BCUT2D eigenvalue weighted by Crippen LogP contribution is 2.10. The van der Waals surface area contributed by atoms with Gasteiger partial charge in [-0.2, -0.15) is 0 Å². The zero-order valence-corrected chi connectivity index (χ0v) is 21.2. The van der Waals surface area contributed by atoms with Crippen molar-refractivity contribution in [2.75, 3.05) is 6.61 Å². The van der Waals surface area contributed by atoms with E-state index in [-0.39, 0.29) is 12.5 Å². The van der Waals surface area contributed by atoms with Gasteiger partial charge in [-0.25, -0.2) is 0 Å². The van der Waals surface area contributed by atoms with E-state index in [9.17, 15) is 15.0 Å². The van der Waals surface area contributed by atoms with Crippen molar-refractivity contribution in [3.63, 3.8) is 0 Å². The largest absolute Gasteiger partial charge is 0.394 e. The zero-order chi connectivity index (χ0) is 23.7. The molecule has 4 heteroatoms. The molecule has 0 spiro atoms. The molecule has 0 bridgehead atoms. The smallest absolute Gasteiger partial charge is 0.220 e. The number of hydrogen-bond donors (Lipinski definition) is 3. The van der Waals surface area contributed by atoms with Crippen molar-refractivity contribution in [2.24, 2.45) is 0 Å². The van der Waals surface area contributed by atoms with E-state index in [2.05, 4.69) is 31.3 Å². The Bertz CT molecular complexity index is 462. The number of allylic oxidation sites excluding steroid dienone is 3. The maximum Gasteiger partial charge on any atom is 0.220 e. The van der Waals surface area contributed by atoms with Crippen LogP contribution in [0.15, 0.2) is 24.3 Å². The summed E-state index contributed by atoms with van der Waals surface area (Å²) < 4.78 is 0. The maximum absolute atomic E-state index is 12.1. The van der Waals surface area contributed by atoms with Crippen LogP contribution in [0.3, 0.4) is 0 Å². The van der Waals surface area contributed by atoms with Crippen molar-refractivity contribution in [3.8, 4) is 0 Å². The van der Waals surface area contributed by atoms with Crippen LogP contribution in [-0.2, 0) is 4.79 Å². The lowest BCUT2D eigenvalue weighted by atomic mass is 10.1. The highest BCUT2D eigenvalue weighted by Gasteiger charge is 2.17. The molecule has 0 rings (SSSR count). The molecule has 0 aliphatic rings. The number of unbranched alkanes of at least 4 members (excludes halogenated alkanes) is 14. The predicted molar refractivity (Wildman–Crippen MR) is 138 cm³/mol. The van der Waals surface area contributed by atoms with E-state index in [1.54, 1.807) is 6.08 Å². The second-order valence-corrected chi connectivity index (χ2v) is 9.11. The van der Waals surface area contributed by atoms with Gasteiger partial charge in [0.05, 0.1) is 18.8 Å². The van der Waals surface area contributed by atoms with Gasteiger partial charge in [-0.05, 0) is 44.9 Å². The summed E-state index contributed by atoms with van der Waals surface area (Å²) in [6.45, 7) is 4.17. The van der Waals surface area contributed by atoms with Crippen molar-refractivity contribution in [1.82, 2.24) is 5.32 Å². The summed E-state index contributed by atoms with van der Waals surface area (Å²) in [5, 5.41) is 22.4. The summed E-state index contributed by atoms with van der Waals surface area (Å²) in [6.07, 6.45) is 28.4. The van der Waals surface area contributed by atoms with Gasteiger partial charge in [0.15, 0.2) is 0 Å². The van der Waals surface area contributed by atoms with E-state index in [1.807, 2.05) is 6.08 Å². The summed E-state index contributed by atoms with van der Waals surface area (Å²) in [4.78, 5) is 12.1. The minimum atomic E-state index is -0.834. The third-order valence-corrected chi connectivity index (χ3v) is 5.93. The van der Waals surface area contributed by atoms with Crippen LogP contribution in [0.2, 0.25) is 0 Å². The fourth-order valence-electron chi connectivity index (χ4n) is 3.76. The van der Waals surface area contributed by atoms with Crippen molar-refractivity contribution >= 4 is 5.91 Å². The molecule has 32 heavy (non-hydrogen) atoms. The number of amides is 1. The Labute approximate surface area is 199 Å². The normalized spacial score (nSPS) is 13.8. The van der Waals surface area contributed by atoms with Crippen LogP contribution in [0, 0.1) is 0 Å². The van der Waals surface area contributed by atoms with Gasteiger partial charge in [-0.15, -0.1) is 0 Å². The Morgan fingerprint density at radius 3 is 1.78 bits per heavy atom. The van der Waals surface area contributed by atoms with Gasteiger partial charge in [0.2, 0.25) is 5.91 Å². The fourth-order valence-corrected chi connectivity index (χ4v) is 3.76. The SMILES string of the molecule is CCCCC/C=C/C(O)C(CO)NC(=O)CCCCCCC/C=C\CCCCCCCC. The molecular formula is C28H53NO3. The first-order valence-electron chi connectivity index (χ1n) is 13.6. The van der Waals surface area contributed by atoms with Gasteiger partial charge in [-0.3, -0.25) is 4.79 Å². The molecule has 1 amide bonds. The standard InChI is InChI=1S/C28H53NO3/c1-3-5-7-9-10-11-12-13-14-15-16-17-18-20-22-24-28(32)29-26(25-30)27(31)23-21-19-8-6-4-2/h13-14,21,23,26-27,30-31H,3-12,15-20,22,24-25H2,1-2H3,(H,29,32)/b14-13-,23-21+. The molecule has 0 aromatic carbocycles. The quantitative estimate of drug-likeness (QED) is 0.116. The monoisotopic (exact) mass is 451 g/mol. The lowest BCUT2D eigenvalue weighted by Crippen LogP contribution is -2.45. The maximum atomic E-state index is 12.1. The van der Waals surface area contributed by atoms with E-state index in [1.165, 1.54) is 77.0 Å². The van der Waals surface area contributed by atoms with Crippen molar-refractivity contribution < 1.29 is 15.0 Å². The molecule has 0 saturated heterocycles. The number of nitrogens with one attached hydrogen (secondary N) is 1. The Hall–Kier alpha value is -1.13. The van der Waals surface area contributed by atoms with Crippen LogP contribution in [-0.4, -0.2) is 34.9 Å². The number of carbonyl (C=O) groups excluding carboxylic acids is 1. The predicted octanol–water partition coefficient (Wildman–Crippen LogP) is 7.00. The minimum Gasteiger partial charge on any atom is -0.394 e. The summed E-state index contributed by atoms with van der Waals surface area (Å²) in [7, 11) is 0. The van der Waals surface area contributed by atoms with Crippen molar-refractivity contribution in [3.05, 3.63) is 24.3 Å². The van der Waals surface area contributed by atoms with Crippen LogP contribution in [0.25, 0.3) is 0 Å².